The number of allylic oxidation sites excluding steroid dienone is 6. The van der Waals surface area contributed by atoms with Crippen LogP contribution in [0.4, 0.5) is 0 Å². The summed E-state index contributed by atoms with van der Waals surface area (Å²) in [6.45, 7) is 4.24. The maximum absolute atomic E-state index is 11.9. The molecule has 0 unspecified atom stereocenters. The van der Waals surface area contributed by atoms with Gasteiger partial charge in [-0.05, 0) is 77.0 Å². The molecule has 1 aliphatic heterocycles. The standard InChI is InChI=1S/C26H45NO/c1-2-3-4-5-6-7-8-9-10-11-12-13-14-15-16-17-18-19-20-23-26(28)27-24-21-22-25-27/h6-7,9-10,15-16H,2-5,8,11-14,17-25H2,1H3/b7-6-,10-9-,16-15-. The number of unbranched alkanes of at least 4 members (excludes halogenated alkanes) is 9. The van der Waals surface area contributed by atoms with Crippen molar-refractivity contribution in [3.63, 3.8) is 0 Å². The van der Waals surface area contributed by atoms with E-state index in [0.29, 0.717) is 5.91 Å². The van der Waals surface area contributed by atoms with Crippen molar-refractivity contribution in [2.24, 2.45) is 0 Å². The van der Waals surface area contributed by atoms with E-state index in [1.54, 1.807) is 0 Å². The van der Waals surface area contributed by atoms with Crippen LogP contribution in [0.5, 0.6) is 0 Å². The lowest BCUT2D eigenvalue weighted by Crippen LogP contribution is -2.27. The summed E-state index contributed by atoms with van der Waals surface area (Å²) >= 11 is 0. The Morgan fingerprint density at radius 1 is 0.679 bits per heavy atom. The molecule has 1 fully saturated rings. The second-order valence-corrected chi connectivity index (χ2v) is 8.12. The van der Waals surface area contributed by atoms with Gasteiger partial charge in [-0.15, -0.1) is 0 Å². The molecule has 1 aliphatic rings. The molecule has 1 saturated heterocycles. The van der Waals surface area contributed by atoms with Gasteiger partial charge in [0.05, 0.1) is 0 Å². The van der Waals surface area contributed by atoms with Crippen LogP contribution in [-0.4, -0.2) is 23.9 Å². The summed E-state index contributed by atoms with van der Waals surface area (Å²) in [5, 5.41) is 0. The first-order valence-corrected chi connectivity index (χ1v) is 12.1. The van der Waals surface area contributed by atoms with Crippen molar-refractivity contribution in [3.8, 4) is 0 Å². The SMILES string of the molecule is CCCCC/C=C\C/C=C\CCCC/C=C\CCCCCC(=O)N1CCCC1. The first kappa shape index (κ1) is 24.7. The molecule has 0 aromatic carbocycles. The fourth-order valence-corrected chi connectivity index (χ4v) is 3.62. The van der Waals surface area contributed by atoms with Gasteiger partial charge < -0.3 is 4.90 Å². The molecular weight excluding hydrogens is 342 g/mol. The second kappa shape index (κ2) is 19.0. The highest BCUT2D eigenvalue weighted by Gasteiger charge is 2.16. The minimum absolute atomic E-state index is 0.380. The van der Waals surface area contributed by atoms with Crippen molar-refractivity contribution >= 4 is 5.91 Å². The lowest BCUT2D eigenvalue weighted by molar-refractivity contribution is -0.130. The average molecular weight is 388 g/mol. The molecule has 0 saturated carbocycles. The van der Waals surface area contributed by atoms with Crippen molar-refractivity contribution in [2.75, 3.05) is 13.1 Å². The summed E-state index contributed by atoms with van der Waals surface area (Å²) in [7, 11) is 0. The van der Waals surface area contributed by atoms with E-state index in [9.17, 15) is 4.79 Å². The van der Waals surface area contributed by atoms with Crippen LogP contribution in [0.2, 0.25) is 0 Å². The highest BCUT2D eigenvalue weighted by Crippen LogP contribution is 2.12. The fourth-order valence-electron chi connectivity index (χ4n) is 3.62. The molecule has 0 bridgehead atoms. The number of nitrogens with zero attached hydrogens (tertiary/aromatic N) is 1. The van der Waals surface area contributed by atoms with E-state index in [1.807, 2.05) is 4.90 Å². The van der Waals surface area contributed by atoms with E-state index >= 15 is 0 Å². The Hall–Kier alpha value is -1.31. The van der Waals surface area contributed by atoms with E-state index in [0.717, 1.165) is 32.4 Å². The van der Waals surface area contributed by atoms with Gasteiger partial charge in [-0.2, -0.15) is 0 Å². The summed E-state index contributed by atoms with van der Waals surface area (Å²) in [6.07, 6.45) is 33.1. The van der Waals surface area contributed by atoms with E-state index in [1.165, 1.54) is 83.5 Å². The molecular formula is C26H45NO. The van der Waals surface area contributed by atoms with E-state index in [-0.39, 0.29) is 0 Å². The van der Waals surface area contributed by atoms with Crippen LogP contribution < -0.4 is 0 Å². The molecule has 0 aromatic heterocycles. The number of hydrogen-bond acceptors (Lipinski definition) is 1. The molecule has 2 heteroatoms. The van der Waals surface area contributed by atoms with Gasteiger partial charge in [0.15, 0.2) is 0 Å². The Kier molecular flexibility index (Phi) is 16.8. The fraction of sp³-hybridized carbons (Fsp3) is 0.731. The number of amides is 1. The summed E-state index contributed by atoms with van der Waals surface area (Å²) in [4.78, 5) is 14.0. The predicted molar refractivity (Wildman–Crippen MR) is 124 cm³/mol. The van der Waals surface area contributed by atoms with Crippen LogP contribution in [0.15, 0.2) is 36.5 Å². The second-order valence-electron chi connectivity index (χ2n) is 8.12. The van der Waals surface area contributed by atoms with Gasteiger partial charge in [-0.3, -0.25) is 4.79 Å². The van der Waals surface area contributed by atoms with Gasteiger partial charge in [0.1, 0.15) is 0 Å². The number of carbonyl (C=O) groups excluding carboxylic acids is 1. The first-order valence-electron chi connectivity index (χ1n) is 12.1. The average Bonchev–Trinajstić information content (AvgIpc) is 3.24. The Morgan fingerprint density at radius 3 is 1.75 bits per heavy atom. The Balaban J connectivity index is 1.80. The van der Waals surface area contributed by atoms with Gasteiger partial charge in [0.25, 0.3) is 0 Å². The van der Waals surface area contributed by atoms with Crippen LogP contribution in [-0.2, 0) is 4.79 Å². The van der Waals surface area contributed by atoms with Gasteiger partial charge in [0, 0.05) is 19.5 Å². The molecule has 160 valence electrons. The lowest BCUT2D eigenvalue weighted by Gasteiger charge is -2.14. The number of hydrogen-bond donors (Lipinski definition) is 0. The molecule has 28 heavy (non-hydrogen) atoms. The summed E-state index contributed by atoms with van der Waals surface area (Å²) in [6, 6.07) is 0. The third-order valence-corrected chi connectivity index (χ3v) is 5.46. The first-order chi connectivity index (χ1) is 13.8. The Bertz CT molecular complexity index is 443. The minimum atomic E-state index is 0.380. The molecule has 0 atom stereocenters. The van der Waals surface area contributed by atoms with Crippen LogP contribution in [0, 0.1) is 0 Å². The van der Waals surface area contributed by atoms with Crippen molar-refractivity contribution in [3.05, 3.63) is 36.5 Å². The monoisotopic (exact) mass is 387 g/mol. The summed E-state index contributed by atoms with van der Waals surface area (Å²) < 4.78 is 0. The van der Waals surface area contributed by atoms with Crippen molar-refractivity contribution in [2.45, 2.75) is 110 Å². The third-order valence-electron chi connectivity index (χ3n) is 5.46. The topological polar surface area (TPSA) is 20.3 Å². The normalized spacial score (nSPS) is 15.0. The molecule has 0 N–H and O–H groups in total. The molecule has 2 nitrogen and oxygen atoms in total. The van der Waals surface area contributed by atoms with Crippen molar-refractivity contribution < 1.29 is 4.79 Å². The molecule has 0 aromatic rings. The lowest BCUT2D eigenvalue weighted by atomic mass is 10.1. The number of rotatable bonds is 17. The molecule has 0 radical (unpaired) electrons. The summed E-state index contributed by atoms with van der Waals surface area (Å²) in [5.41, 5.74) is 0. The van der Waals surface area contributed by atoms with E-state index < -0.39 is 0 Å². The zero-order valence-electron chi connectivity index (χ0n) is 18.5. The predicted octanol–water partition coefficient (Wildman–Crippen LogP) is 7.76. The molecule has 1 rings (SSSR count). The van der Waals surface area contributed by atoms with Gasteiger partial charge in [0.2, 0.25) is 5.91 Å². The summed E-state index contributed by atoms with van der Waals surface area (Å²) in [5.74, 6) is 0.380. The third kappa shape index (κ3) is 14.7. The maximum atomic E-state index is 11.9. The highest BCUT2D eigenvalue weighted by atomic mass is 16.2. The van der Waals surface area contributed by atoms with Crippen LogP contribution in [0.1, 0.15) is 110 Å². The zero-order chi connectivity index (χ0) is 20.1. The zero-order valence-corrected chi connectivity index (χ0v) is 18.5. The molecule has 0 spiro atoms. The number of carbonyl (C=O) groups is 1. The maximum Gasteiger partial charge on any atom is 0.222 e. The van der Waals surface area contributed by atoms with Gasteiger partial charge in [-0.25, -0.2) is 0 Å². The molecule has 1 amide bonds. The van der Waals surface area contributed by atoms with E-state index in [2.05, 4.69) is 43.4 Å². The highest BCUT2D eigenvalue weighted by molar-refractivity contribution is 5.76. The minimum Gasteiger partial charge on any atom is -0.343 e. The molecule has 0 aliphatic carbocycles. The Morgan fingerprint density at radius 2 is 1.18 bits per heavy atom. The van der Waals surface area contributed by atoms with Crippen LogP contribution in [0.3, 0.4) is 0 Å². The van der Waals surface area contributed by atoms with Crippen LogP contribution in [0.25, 0.3) is 0 Å². The van der Waals surface area contributed by atoms with Crippen molar-refractivity contribution in [1.82, 2.24) is 4.90 Å². The van der Waals surface area contributed by atoms with E-state index in [4.69, 9.17) is 0 Å². The quantitative estimate of drug-likeness (QED) is 0.184. The van der Waals surface area contributed by atoms with Crippen molar-refractivity contribution in [1.29, 1.82) is 0 Å². The van der Waals surface area contributed by atoms with Crippen LogP contribution >= 0.6 is 0 Å². The van der Waals surface area contributed by atoms with Gasteiger partial charge >= 0.3 is 0 Å². The van der Waals surface area contributed by atoms with Gasteiger partial charge in [-0.1, -0.05) is 62.6 Å². The molecule has 1 heterocycles. The largest absolute Gasteiger partial charge is 0.343 e. The smallest absolute Gasteiger partial charge is 0.222 e. The number of likely N-dealkylation sites (tertiary alicyclic amines) is 1. The Labute approximate surface area is 175 Å².